The van der Waals surface area contributed by atoms with Gasteiger partial charge in [0.25, 0.3) is 0 Å². The summed E-state index contributed by atoms with van der Waals surface area (Å²) in [4.78, 5) is 11.8. The highest BCUT2D eigenvalue weighted by Gasteiger charge is 2.45. The van der Waals surface area contributed by atoms with Crippen molar-refractivity contribution in [3.05, 3.63) is 0 Å². The summed E-state index contributed by atoms with van der Waals surface area (Å²) >= 11 is 5.58. The van der Waals surface area contributed by atoms with Crippen LogP contribution in [-0.2, 0) is 23.1 Å². The molecule has 0 bridgehead atoms. The van der Waals surface area contributed by atoms with Crippen LogP contribution in [0.15, 0.2) is 0 Å². The molecule has 0 aromatic heterocycles. The smallest absolute Gasteiger partial charge is 0.371 e. The lowest BCUT2D eigenvalue weighted by Crippen LogP contribution is -2.31. The molecule has 0 aromatic carbocycles. The van der Waals surface area contributed by atoms with Gasteiger partial charge >= 0.3 is 13.6 Å². The number of hydrogen-bond acceptors (Lipinski definition) is 5. The molecule has 0 heterocycles. The summed E-state index contributed by atoms with van der Waals surface area (Å²) in [7, 11) is -3.60. The molecule has 1 saturated carbocycles. The Kier molecular flexibility index (Phi) is 9.13. The second-order valence-electron chi connectivity index (χ2n) is 6.61. The molecule has 0 aliphatic heterocycles. The number of carbonyl (C=O) groups is 1. The standard InChI is InChI=1S/C16H30ClO5P/c1-12(2)21-23(19,22-13(3)4)16(20-15(18)11-17)14-9-7-5-6-8-10-14/h12-14,16H,5-11H2,1-4H3/t16-/m0/s1. The van der Waals surface area contributed by atoms with Crippen molar-refractivity contribution in [2.45, 2.75) is 84.3 Å². The SMILES string of the molecule is CC(C)OP(=O)(OC(C)C)[C@H](OC(=O)CCl)C1CCCCCC1. The van der Waals surface area contributed by atoms with Crippen LogP contribution in [0.25, 0.3) is 0 Å². The van der Waals surface area contributed by atoms with Crippen LogP contribution in [0.5, 0.6) is 0 Å². The van der Waals surface area contributed by atoms with Crippen LogP contribution in [0.2, 0.25) is 0 Å². The fourth-order valence-electron chi connectivity index (χ4n) is 2.91. The van der Waals surface area contributed by atoms with E-state index in [1.807, 2.05) is 0 Å². The number of esters is 1. The number of rotatable bonds is 8. The van der Waals surface area contributed by atoms with E-state index >= 15 is 0 Å². The molecule has 1 aliphatic carbocycles. The van der Waals surface area contributed by atoms with E-state index in [4.69, 9.17) is 25.4 Å². The number of hydrogen-bond donors (Lipinski definition) is 0. The molecule has 0 aromatic rings. The normalized spacial score (nSPS) is 18.9. The van der Waals surface area contributed by atoms with Gasteiger partial charge in [-0.15, -0.1) is 11.6 Å². The summed E-state index contributed by atoms with van der Waals surface area (Å²) in [6, 6.07) is 0. The van der Waals surface area contributed by atoms with Gasteiger partial charge in [0.15, 0.2) is 0 Å². The molecule has 136 valence electrons. The molecular weight excluding hydrogens is 339 g/mol. The lowest BCUT2D eigenvalue weighted by Gasteiger charge is -2.33. The van der Waals surface area contributed by atoms with Crippen LogP contribution < -0.4 is 0 Å². The molecule has 23 heavy (non-hydrogen) atoms. The first-order valence-corrected chi connectivity index (χ1v) is 10.6. The third kappa shape index (κ3) is 7.13. The predicted molar refractivity (Wildman–Crippen MR) is 91.8 cm³/mol. The van der Waals surface area contributed by atoms with Crippen LogP contribution in [0.4, 0.5) is 0 Å². The molecular formula is C16H30ClO5P. The third-order valence-corrected chi connectivity index (χ3v) is 6.49. The van der Waals surface area contributed by atoms with Gasteiger partial charge in [-0.1, -0.05) is 25.7 Å². The average molecular weight is 369 g/mol. The summed E-state index contributed by atoms with van der Waals surface area (Å²) in [6.45, 7) is 7.18. The van der Waals surface area contributed by atoms with Crippen LogP contribution in [0, 0.1) is 5.92 Å². The summed E-state index contributed by atoms with van der Waals surface area (Å²) in [5, 5.41) is 0. The van der Waals surface area contributed by atoms with Crippen LogP contribution in [-0.4, -0.2) is 29.9 Å². The summed E-state index contributed by atoms with van der Waals surface area (Å²) in [5.41, 5.74) is 0. The van der Waals surface area contributed by atoms with Crippen molar-refractivity contribution in [3.63, 3.8) is 0 Å². The van der Waals surface area contributed by atoms with E-state index in [1.165, 1.54) is 0 Å². The topological polar surface area (TPSA) is 61.8 Å². The van der Waals surface area contributed by atoms with Crippen molar-refractivity contribution in [1.82, 2.24) is 0 Å². The zero-order valence-electron chi connectivity index (χ0n) is 14.6. The van der Waals surface area contributed by atoms with Gasteiger partial charge in [-0.2, -0.15) is 0 Å². The van der Waals surface area contributed by atoms with Gasteiger partial charge in [0.2, 0.25) is 5.85 Å². The van der Waals surface area contributed by atoms with E-state index in [9.17, 15) is 9.36 Å². The van der Waals surface area contributed by atoms with Crippen molar-refractivity contribution >= 4 is 25.2 Å². The second kappa shape index (κ2) is 10.0. The lowest BCUT2D eigenvalue weighted by molar-refractivity contribution is -0.145. The Morgan fingerprint density at radius 2 is 1.52 bits per heavy atom. The molecule has 1 rings (SSSR count). The number of halogens is 1. The zero-order valence-corrected chi connectivity index (χ0v) is 16.3. The minimum Gasteiger partial charge on any atom is -0.448 e. The molecule has 5 nitrogen and oxygen atoms in total. The molecule has 0 radical (unpaired) electrons. The average Bonchev–Trinajstić information content (AvgIpc) is 2.71. The Labute approximate surface area is 144 Å². The third-order valence-electron chi connectivity index (χ3n) is 3.69. The van der Waals surface area contributed by atoms with E-state index < -0.39 is 19.4 Å². The Hall–Kier alpha value is -0.0900. The Bertz CT molecular complexity index is 391. The van der Waals surface area contributed by atoms with Gasteiger partial charge in [0.05, 0.1) is 12.2 Å². The number of ether oxygens (including phenoxy) is 1. The fraction of sp³-hybridized carbons (Fsp3) is 0.938. The van der Waals surface area contributed by atoms with Crippen molar-refractivity contribution in [2.24, 2.45) is 5.92 Å². The first kappa shape index (κ1) is 21.0. The highest BCUT2D eigenvalue weighted by atomic mass is 35.5. The maximum Gasteiger partial charge on any atom is 0.371 e. The molecule has 0 N–H and O–H groups in total. The Morgan fingerprint density at radius 3 is 1.91 bits per heavy atom. The van der Waals surface area contributed by atoms with E-state index in [0.717, 1.165) is 38.5 Å². The molecule has 0 amide bonds. The highest BCUT2D eigenvalue weighted by Crippen LogP contribution is 2.59. The molecule has 1 fully saturated rings. The zero-order chi connectivity index (χ0) is 17.5. The quantitative estimate of drug-likeness (QED) is 0.258. The molecule has 1 aliphatic rings. The minimum atomic E-state index is -3.60. The van der Waals surface area contributed by atoms with Crippen molar-refractivity contribution in [1.29, 1.82) is 0 Å². The van der Waals surface area contributed by atoms with Gasteiger partial charge in [-0.3, -0.25) is 9.36 Å². The van der Waals surface area contributed by atoms with Gasteiger partial charge in [0, 0.05) is 5.92 Å². The van der Waals surface area contributed by atoms with Crippen molar-refractivity contribution in [2.75, 3.05) is 5.88 Å². The largest absolute Gasteiger partial charge is 0.448 e. The Morgan fingerprint density at radius 1 is 1.04 bits per heavy atom. The summed E-state index contributed by atoms with van der Waals surface area (Å²) in [6.07, 6.45) is 5.48. The van der Waals surface area contributed by atoms with Crippen molar-refractivity contribution in [3.8, 4) is 0 Å². The number of alkyl halides is 1. The van der Waals surface area contributed by atoms with Crippen LogP contribution >= 0.6 is 19.2 Å². The molecule has 7 heteroatoms. The number of carbonyl (C=O) groups excluding carboxylic acids is 1. The maximum atomic E-state index is 13.4. The highest BCUT2D eigenvalue weighted by molar-refractivity contribution is 7.54. The van der Waals surface area contributed by atoms with E-state index in [0.29, 0.717) is 0 Å². The van der Waals surface area contributed by atoms with Gasteiger partial charge < -0.3 is 13.8 Å². The molecule has 0 saturated heterocycles. The fourth-order valence-corrected chi connectivity index (χ4v) is 5.50. The second-order valence-corrected chi connectivity index (χ2v) is 8.89. The van der Waals surface area contributed by atoms with E-state index in [2.05, 4.69) is 0 Å². The monoisotopic (exact) mass is 368 g/mol. The Balaban J connectivity index is 3.08. The predicted octanol–water partition coefficient (Wildman–Crippen LogP) is 5.11. The summed E-state index contributed by atoms with van der Waals surface area (Å²) in [5.74, 6) is -1.75. The maximum absolute atomic E-state index is 13.4. The lowest BCUT2D eigenvalue weighted by atomic mass is 10.0. The van der Waals surface area contributed by atoms with Crippen molar-refractivity contribution < 1.29 is 23.1 Å². The first-order valence-electron chi connectivity index (χ1n) is 8.50. The first-order chi connectivity index (χ1) is 10.8. The molecule has 0 spiro atoms. The van der Waals surface area contributed by atoms with Gasteiger partial charge in [-0.25, -0.2) is 0 Å². The summed E-state index contributed by atoms with van der Waals surface area (Å²) < 4.78 is 30.2. The van der Waals surface area contributed by atoms with Crippen LogP contribution in [0.1, 0.15) is 66.2 Å². The molecule has 0 unspecified atom stereocenters. The molecule has 1 atom stereocenters. The van der Waals surface area contributed by atoms with Gasteiger partial charge in [0.1, 0.15) is 5.88 Å². The minimum absolute atomic E-state index is 0.0204. The van der Waals surface area contributed by atoms with Gasteiger partial charge in [-0.05, 0) is 40.5 Å². The van der Waals surface area contributed by atoms with E-state index in [-0.39, 0.29) is 24.0 Å². The van der Waals surface area contributed by atoms with E-state index in [1.54, 1.807) is 27.7 Å². The van der Waals surface area contributed by atoms with Crippen LogP contribution in [0.3, 0.4) is 0 Å².